The predicted octanol–water partition coefficient (Wildman–Crippen LogP) is 1.72. The molecule has 1 N–H and O–H groups in total. The highest BCUT2D eigenvalue weighted by Crippen LogP contribution is 2.22. The van der Waals surface area contributed by atoms with Gasteiger partial charge >= 0.3 is 0 Å². The molecule has 0 saturated carbocycles. The van der Waals surface area contributed by atoms with Crippen LogP contribution in [-0.2, 0) is 24.2 Å². The molecule has 5 heteroatoms. The smallest absolute Gasteiger partial charge is 0.0767 e. The Morgan fingerprint density at radius 3 is 2.75 bits per heavy atom. The molecule has 0 radical (unpaired) electrons. The third-order valence-corrected chi connectivity index (χ3v) is 3.81. The van der Waals surface area contributed by atoms with Crippen LogP contribution in [0.25, 0.3) is 0 Å². The van der Waals surface area contributed by atoms with Crippen molar-refractivity contribution in [2.45, 2.75) is 39.4 Å². The topological polar surface area (TPSA) is 39.1 Å². The van der Waals surface area contributed by atoms with Gasteiger partial charge in [-0.1, -0.05) is 6.92 Å². The Kier molecular flexibility index (Phi) is 4.00. The van der Waals surface area contributed by atoms with E-state index < -0.39 is 0 Å². The summed E-state index contributed by atoms with van der Waals surface area (Å²) in [6.07, 6.45) is 0.965. The van der Waals surface area contributed by atoms with Crippen LogP contribution in [0.5, 0.6) is 0 Å². The maximum absolute atomic E-state index is 5.14. The van der Waals surface area contributed by atoms with E-state index >= 15 is 0 Å². The Morgan fingerprint density at radius 1 is 1.50 bits per heavy atom. The Labute approximate surface area is 104 Å². The van der Waals surface area contributed by atoms with E-state index in [0.717, 1.165) is 42.9 Å². The maximum Gasteiger partial charge on any atom is 0.0767 e. The average molecular weight is 288 g/mol. The van der Waals surface area contributed by atoms with Gasteiger partial charge in [0.15, 0.2) is 0 Å². The van der Waals surface area contributed by atoms with Crippen molar-refractivity contribution >= 4 is 15.9 Å². The van der Waals surface area contributed by atoms with Crippen LogP contribution in [0.1, 0.15) is 25.2 Å². The zero-order valence-electron chi connectivity index (χ0n) is 9.79. The molecule has 1 saturated heterocycles. The monoisotopic (exact) mass is 287 g/mol. The van der Waals surface area contributed by atoms with Crippen LogP contribution in [0, 0.1) is 0 Å². The SMILES string of the molecule is CCc1nn(CC)c(CNC2COC2)c1Br. The molecule has 0 spiro atoms. The summed E-state index contributed by atoms with van der Waals surface area (Å²) < 4.78 is 8.36. The van der Waals surface area contributed by atoms with E-state index in [1.807, 2.05) is 0 Å². The molecule has 0 bridgehead atoms. The molecule has 0 amide bonds. The number of ether oxygens (including phenoxy) is 1. The Hall–Kier alpha value is -0.390. The predicted molar refractivity (Wildman–Crippen MR) is 66.4 cm³/mol. The summed E-state index contributed by atoms with van der Waals surface area (Å²) in [6, 6.07) is 0.511. The standard InChI is InChI=1S/C11H18BrN3O/c1-3-9-11(12)10(15(4-2)14-9)5-13-8-6-16-7-8/h8,13H,3-7H2,1-2H3. The minimum absolute atomic E-state index is 0.511. The quantitative estimate of drug-likeness (QED) is 0.896. The number of hydrogen-bond donors (Lipinski definition) is 1. The van der Waals surface area contributed by atoms with Gasteiger partial charge in [-0.2, -0.15) is 5.10 Å². The summed E-state index contributed by atoms with van der Waals surface area (Å²) in [4.78, 5) is 0. The molecule has 0 aromatic carbocycles. The van der Waals surface area contributed by atoms with E-state index in [4.69, 9.17) is 4.74 Å². The van der Waals surface area contributed by atoms with Gasteiger partial charge in [-0.25, -0.2) is 0 Å². The van der Waals surface area contributed by atoms with Crippen LogP contribution in [-0.4, -0.2) is 29.0 Å². The molecule has 1 aromatic rings. The number of hydrogen-bond acceptors (Lipinski definition) is 3. The number of nitrogens with zero attached hydrogens (tertiary/aromatic N) is 2. The molecule has 0 unspecified atom stereocenters. The van der Waals surface area contributed by atoms with E-state index in [1.165, 1.54) is 5.69 Å². The van der Waals surface area contributed by atoms with Gasteiger partial charge in [0, 0.05) is 13.1 Å². The van der Waals surface area contributed by atoms with Crippen molar-refractivity contribution in [3.8, 4) is 0 Å². The van der Waals surface area contributed by atoms with Crippen LogP contribution >= 0.6 is 15.9 Å². The van der Waals surface area contributed by atoms with E-state index in [0.29, 0.717) is 6.04 Å². The summed E-state index contributed by atoms with van der Waals surface area (Å²) >= 11 is 3.64. The first-order valence-corrected chi connectivity index (χ1v) is 6.60. The lowest BCUT2D eigenvalue weighted by atomic mass is 10.2. The molecule has 1 fully saturated rings. The minimum atomic E-state index is 0.511. The summed E-state index contributed by atoms with van der Waals surface area (Å²) in [7, 11) is 0. The van der Waals surface area contributed by atoms with Crippen LogP contribution in [0.2, 0.25) is 0 Å². The fourth-order valence-electron chi connectivity index (χ4n) is 1.78. The Morgan fingerprint density at radius 2 is 2.25 bits per heavy atom. The van der Waals surface area contributed by atoms with Crippen molar-refractivity contribution in [2.75, 3.05) is 13.2 Å². The molecular formula is C11H18BrN3O. The van der Waals surface area contributed by atoms with E-state index in [9.17, 15) is 0 Å². The first-order valence-electron chi connectivity index (χ1n) is 5.81. The molecule has 2 rings (SSSR count). The third kappa shape index (κ3) is 2.31. The number of aryl methyl sites for hydroxylation is 2. The molecule has 90 valence electrons. The molecule has 0 atom stereocenters. The molecule has 0 aliphatic carbocycles. The van der Waals surface area contributed by atoms with Gasteiger partial charge < -0.3 is 10.1 Å². The van der Waals surface area contributed by atoms with E-state index in [-0.39, 0.29) is 0 Å². The van der Waals surface area contributed by atoms with Crippen molar-refractivity contribution < 1.29 is 4.74 Å². The van der Waals surface area contributed by atoms with Crippen LogP contribution in [0.3, 0.4) is 0 Å². The maximum atomic E-state index is 5.14. The van der Waals surface area contributed by atoms with E-state index in [1.54, 1.807) is 0 Å². The lowest BCUT2D eigenvalue weighted by Crippen LogP contribution is -2.45. The molecule has 16 heavy (non-hydrogen) atoms. The Balaban J connectivity index is 2.07. The average Bonchev–Trinajstić information content (AvgIpc) is 2.53. The van der Waals surface area contributed by atoms with Crippen molar-refractivity contribution in [1.29, 1.82) is 0 Å². The van der Waals surface area contributed by atoms with Crippen molar-refractivity contribution in [2.24, 2.45) is 0 Å². The fraction of sp³-hybridized carbons (Fsp3) is 0.727. The number of halogens is 1. The first-order chi connectivity index (χ1) is 7.76. The van der Waals surface area contributed by atoms with Gasteiger partial charge in [0.05, 0.1) is 35.1 Å². The highest BCUT2D eigenvalue weighted by atomic mass is 79.9. The first kappa shape index (κ1) is 12.1. The highest BCUT2D eigenvalue weighted by Gasteiger charge is 2.20. The lowest BCUT2D eigenvalue weighted by Gasteiger charge is -2.27. The highest BCUT2D eigenvalue weighted by molar-refractivity contribution is 9.10. The third-order valence-electron chi connectivity index (χ3n) is 2.89. The van der Waals surface area contributed by atoms with Gasteiger partial charge in [0.2, 0.25) is 0 Å². The van der Waals surface area contributed by atoms with Gasteiger partial charge in [0.1, 0.15) is 0 Å². The minimum Gasteiger partial charge on any atom is -0.378 e. The molecule has 1 aliphatic rings. The van der Waals surface area contributed by atoms with Crippen LogP contribution < -0.4 is 5.32 Å². The number of aromatic nitrogens is 2. The second-order valence-electron chi connectivity index (χ2n) is 3.99. The normalized spacial score (nSPS) is 16.4. The van der Waals surface area contributed by atoms with Gasteiger partial charge in [-0.15, -0.1) is 0 Å². The second kappa shape index (κ2) is 5.29. The zero-order chi connectivity index (χ0) is 11.5. The number of rotatable bonds is 5. The molecule has 1 aliphatic heterocycles. The largest absolute Gasteiger partial charge is 0.378 e. The summed E-state index contributed by atoms with van der Waals surface area (Å²) in [6.45, 7) is 7.68. The summed E-state index contributed by atoms with van der Waals surface area (Å²) in [5, 5.41) is 8.04. The van der Waals surface area contributed by atoms with Crippen molar-refractivity contribution in [1.82, 2.24) is 15.1 Å². The lowest BCUT2D eigenvalue weighted by molar-refractivity contribution is -0.00606. The van der Waals surface area contributed by atoms with Crippen molar-refractivity contribution in [3.05, 3.63) is 15.9 Å². The zero-order valence-corrected chi connectivity index (χ0v) is 11.4. The van der Waals surface area contributed by atoms with Gasteiger partial charge in [-0.05, 0) is 29.3 Å². The summed E-state index contributed by atoms with van der Waals surface area (Å²) in [5.74, 6) is 0. The van der Waals surface area contributed by atoms with Crippen molar-refractivity contribution in [3.63, 3.8) is 0 Å². The molecular weight excluding hydrogens is 270 g/mol. The molecule has 1 aromatic heterocycles. The van der Waals surface area contributed by atoms with Gasteiger partial charge in [-0.3, -0.25) is 4.68 Å². The molecule has 2 heterocycles. The second-order valence-corrected chi connectivity index (χ2v) is 4.78. The van der Waals surface area contributed by atoms with Gasteiger partial charge in [0.25, 0.3) is 0 Å². The van der Waals surface area contributed by atoms with Crippen LogP contribution in [0.4, 0.5) is 0 Å². The fourth-order valence-corrected chi connectivity index (χ4v) is 2.49. The molecule has 4 nitrogen and oxygen atoms in total. The summed E-state index contributed by atoms with van der Waals surface area (Å²) in [5.41, 5.74) is 2.38. The van der Waals surface area contributed by atoms with Crippen LogP contribution in [0.15, 0.2) is 4.47 Å². The van der Waals surface area contributed by atoms with E-state index in [2.05, 4.69) is 44.9 Å². The Bertz CT molecular complexity index is 360. The number of nitrogens with one attached hydrogen (secondary N) is 1.